The molecule has 2 atom stereocenters. The molecule has 12 nitrogen and oxygen atoms in total. The summed E-state index contributed by atoms with van der Waals surface area (Å²) in [5.74, 6) is -1.04. The first-order chi connectivity index (χ1) is 24.1. The third-order valence-electron chi connectivity index (χ3n) is 9.20. The number of nitrogens with one attached hydrogen (secondary N) is 1. The molecule has 2 aliphatic heterocycles. The van der Waals surface area contributed by atoms with Crippen molar-refractivity contribution in [1.82, 2.24) is 29.5 Å². The standard InChI is InChI=1S/C37H49N7O5SSi/c1-24-8-10-30(26-9-11-31-28(18-26)41-34(50-31)25-12-14-42(15-13-25)36(47)49-37(2,3)4)43(22-24)35(46)33(45)40-29-21-38-19-27-20-39-44(32(27)29)23-48-16-17-51(5,6)7/h9,11-12,18-21,24,30H,8,10,13-17,22-23H2,1-7H3,(H,40,45)/t24-,30?/m0/s1. The SMILES string of the molecule is C[C@H]1CCC(c2ccc3sc(C4=CCN(C(=O)OC(C)(C)C)CC4)nc3c2)N(C(=O)C(=O)Nc2cncc3cnn(COCC[Si](C)(C)C)c23)C1. The first-order valence-electron chi connectivity index (χ1n) is 17.7. The van der Waals surface area contributed by atoms with Crippen molar-refractivity contribution in [3.05, 3.63) is 53.4 Å². The number of rotatable bonds is 8. The number of ether oxygens (including phenoxy) is 2. The number of amides is 3. The molecule has 1 unspecified atom stereocenters. The fourth-order valence-electron chi connectivity index (χ4n) is 6.44. The Hall–Kier alpha value is -4.14. The summed E-state index contributed by atoms with van der Waals surface area (Å²) in [4.78, 5) is 52.8. The zero-order valence-corrected chi connectivity index (χ0v) is 32.5. The van der Waals surface area contributed by atoms with Crippen LogP contribution in [0.3, 0.4) is 0 Å². The van der Waals surface area contributed by atoms with Gasteiger partial charge in [0.2, 0.25) is 0 Å². The topological polar surface area (TPSA) is 132 Å². The number of benzene rings is 1. The number of aromatic nitrogens is 4. The monoisotopic (exact) mass is 731 g/mol. The molecular formula is C37H49N7O5SSi. The van der Waals surface area contributed by atoms with Crippen molar-refractivity contribution >= 4 is 69.7 Å². The number of carbonyl (C=O) groups excluding carboxylic acids is 3. The number of likely N-dealkylation sites (tertiary alicyclic amines) is 1. The van der Waals surface area contributed by atoms with Crippen LogP contribution in [0.2, 0.25) is 25.7 Å². The minimum atomic E-state index is -1.24. The van der Waals surface area contributed by atoms with E-state index in [1.807, 2.05) is 26.8 Å². The summed E-state index contributed by atoms with van der Waals surface area (Å²) in [6, 6.07) is 6.93. The van der Waals surface area contributed by atoms with Gasteiger partial charge in [-0.25, -0.2) is 14.5 Å². The largest absolute Gasteiger partial charge is 0.444 e. The van der Waals surface area contributed by atoms with Crippen LogP contribution in [0.5, 0.6) is 0 Å². The number of thiazole rings is 1. The number of anilines is 1. The predicted octanol–water partition coefficient (Wildman–Crippen LogP) is 7.32. The van der Waals surface area contributed by atoms with Gasteiger partial charge in [-0.3, -0.25) is 14.6 Å². The molecule has 1 fully saturated rings. The van der Waals surface area contributed by atoms with E-state index >= 15 is 0 Å². The lowest BCUT2D eigenvalue weighted by Crippen LogP contribution is -2.46. The Morgan fingerprint density at radius 3 is 2.63 bits per heavy atom. The molecule has 1 aromatic carbocycles. The van der Waals surface area contributed by atoms with Crippen LogP contribution < -0.4 is 5.32 Å². The Bertz CT molecular complexity index is 1960. The molecule has 3 amide bonds. The second-order valence-electron chi connectivity index (χ2n) is 15.9. The molecule has 272 valence electrons. The van der Waals surface area contributed by atoms with Gasteiger partial charge >= 0.3 is 17.9 Å². The highest BCUT2D eigenvalue weighted by atomic mass is 32.1. The molecule has 0 bridgehead atoms. The fourth-order valence-corrected chi connectivity index (χ4v) is 8.21. The van der Waals surface area contributed by atoms with E-state index in [-0.39, 0.29) is 24.8 Å². The van der Waals surface area contributed by atoms with E-state index in [1.165, 1.54) is 0 Å². The zero-order valence-electron chi connectivity index (χ0n) is 30.7. The van der Waals surface area contributed by atoms with E-state index in [9.17, 15) is 14.4 Å². The number of hydrogen-bond donors (Lipinski definition) is 1. The summed E-state index contributed by atoms with van der Waals surface area (Å²) in [7, 11) is -1.24. The molecular weight excluding hydrogens is 683 g/mol. The van der Waals surface area contributed by atoms with E-state index < -0.39 is 25.5 Å². The first-order valence-corrected chi connectivity index (χ1v) is 22.2. The van der Waals surface area contributed by atoms with Gasteiger partial charge in [-0.2, -0.15) is 5.10 Å². The highest BCUT2D eigenvalue weighted by Crippen LogP contribution is 2.37. The summed E-state index contributed by atoms with van der Waals surface area (Å²) < 4.78 is 14.2. The van der Waals surface area contributed by atoms with E-state index in [2.05, 4.69) is 60.2 Å². The van der Waals surface area contributed by atoms with Crippen LogP contribution in [0.25, 0.3) is 26.7 Å². The summed E-state index contributed by atoms with van der Waals surface area (Å²) in [6.07, 6.45) is 9.05. The van der Waals surface area contributed by atoms with Crippen LogP contribution in [0.15, 0.2) is 42.9 Å². The number of carbonyl (C=O) groups is 3. The van der Waals surface area contributed by atoms with Gasteiger partial charge in [0.15, 0.2) is 0 Å². The third kappa shape index (κ3) is 8.85. The maximum atomic E-state index is 13.9. The molecule has 5 heterocycles. The Balaban J connectivity index is 1.16. The van der Waals surface area contributed by atoms with Crippen LogP contribution in [-0.4, -0.2) is 87.4 Å². The lowest BCUT2D eigenvalue weighted by Gasteiger charge is -2.38. The first kappa shape index (κ1) is 36.6. The molecule has 14 heteroatoms. The zero-order chi connectivity index (χ0) is 36.5. The second-order valence-corrected chi connectivity index (χ2v) is 22.5. The van der Waals surface area contributed by atoms with Gasteiger partial charge in [0.1, 0.15) is 17.3 Å². The van der Waals surface area contributed by atoms with Crippen molar-refractivity contribution in [1.29, 1.82) is 0 Å². The van der Waals surface area contributed by atoms with Crippen molar-refractivity contribution in [3.63, 3.8) is 0 Å². The molecule has 0 radical (unpaired) electrons. The van der Waals surface area contributed by atoms with Crippen LogP contribution in [0, 0.1) is 5.92 Å². The van der Waals surface area contributed by atoms with E-state index in [1.54, 1.807) is 44.4 Å². The molecule has 2 aliphatic rings. The highest BCUT2D eigenvalue weighted by Gasteiger charge is 2.35. The number of piperidine rings is 1. The molecule has 51 heavy (non-hydrogen) atoms. The molecule has 0 spiro atoms. The maximum absolute atomic E-state index is 13.9. The average molecular weight is 732 g/mol. The lowest BCUT2D eigenvalue weighted by molar-refractivity contribution is -0.146. The number of hydrogen-bond acceptors (Lipinski definition) is 9. The average Bonchev–Trinajstić information content (AvgIpc) is 3.70. The summed E-state index contributed by atoms with van der Waals surface area (Å²) in [5.41, 5.74) is 3.47. The van der Waals surface area contributed by atoms with Crippen molar-refractivity contribution in [2.75, 3.05) is 31.6 Å². The second kappa shape index (κ2) is 14.8. The van der Waals surface area contributed by atoms with Crippen LogP contribution in [-0.2, 0) is 25.8 Å². The quantitative estimate of drug-likeness (QED) is 0.113. The molecule has 4 aromatic rings. The Morgan fingerprint density at radius 2 is 1.90 bits per heavy atom. The fraction of sp³-hybridized carbons (Fsp3) is 0.514. The molecule has 1 saturated heterocycles. The normalized spacial score (nSPS) is 18.6. The molecule has 0 aliphatic carbocycles. The van der Waals surface area contributed by atoms with Crippen molar-refractivity contribution in [2.24, 2.45) is 5.92 Å². The van der Waals surface area contributed by atoms with Crippen LogP contribution in [0.4, 0.5) is 10.5 Å². The van der Waals surface area contributed by atoms with Gasteiger partial charge < -0.3 is 24.6 Å². The highest BCUT2D eigenvalue weighted by molar-refractivity contribution is 7.19. The molecule has 6 rings (SSSR count). The summed E-state index contributed by atoms with van der Waals surface area (Å²) in [5, 5.41) is 8.99. The van der Waals surface area contributed by atoms with E-state index in [0.29, 0.717) is 43.9 Å². The molecule has 0 saturated carbocycles. The minimum absolute atomic E-state index is 0.239. The van der Waals surface area contributed by atoms with Gasteiger partial charge in [0.05, 0.1) is 39.9 Å². The summed E-state index contributed by atoms with van der Waals surface area (Å²) >= 11 is 1.62. The van der Waals surface area contributed by atoms with Crippen LogP contribution in [0.1, 0.15) is 63.6 Å². The molecule has 3 aromatic heterocycles. The third-order valence-corrected chi connectivity index (χ3v) is 12.0. The number of nitrogens with zero attached hydrogens (tertiary/aromatic N) is 6. The van der Waals surface area contributed by atoms with Crippen molar-refractivity contribution < 1.29 is 23.9 Å². The van der Waals surface area contributed by atoms with Gasteiger partial charge in [-0.1, -0.05) is 38.7 Å². The number of pyridine rings is 1. The van der Waals surface area contributed by atoms with Gasteiger partial charge in [-0.15, -0.1) is 11.3 Å². The van der Waals surface area contributed by atoms with Gasteiger partial charge in [-0.05, 0) is 75.3 Å². The summed E-state index contributed by atoms with van der Waals surface area (Å²) in [6.45, 7) is 17.0. The van der Waals surface area contributed by atoms with Gasteiger partial charge in [0, 0.05) is 45.9 Å². The van der Waals surface area contributed by atoms with Crippen molar-refractivity contribution in [2.45, 2.75) is 91.0 Å². The smallest absolute Gasteiger partial charge is 0.410 e. The Kier molecular flexibility index (Phi) is 10.7. The Morgan fingerprint density at radius 1 is 1.10 bits per heavy atom. The van der Waals surface area contributed by atoms with E-state index in [4.69, 9.17) is 14.5 Å². The Labute approximate surface area is 304 Å². The van der Waals surface area contributed by atoms with Gasteiger partial charge in [0.25, 0.3) is 0 Å². The van der Waals surface area contributed by atoms with Crippen LogP contribution >= 0.6 is 11.3 Å². The predicted molar refractivity (Wildman–Crippen MR) is 203 cm³/mol. The van der Waals surface area contributed by atoms with E-state index in [0.717, 1.165) is 50.6 Å². The number of fused-ring (bicyclic) bond motifs is 2. The lowest BCUT2D eigenvalue weighted by atomic mass is 9.89. The maximum Gasteiger partial charge on any atom is 0.410 e. The molecule has 1 N–H and O–H groups in total. The van der Waals surface area contributed by atoms with Crippen molar-refractivity contribution in [3.8, 4) is 0 Å². The minimum Gasteiger partial charge on any atom is -0.444 e.